The average molecular weight is 363 g/mol. The Morgan fingerprint density at radius 2 is 1.85 bits per heavy atom. The third-order valence-corrected chi connectivity index (χ3v) is 4.29. The average Bonchev–Trinajstić information content (AvgIpc) is 3.41. The van der Waals surface area contributed by atoms with E-state index in [9.17, 15) is 9.59 Å². The van der Waals surface area contributed by atoms with Gasteiger partial charge in [-0.25, -0.2) is 5.01 Å². The number of hydrogen-bond acceptors (Lipinski definition) is 5. The van der Waals surface area contributed by atoms with Crippen LogP contribution in [0, 0.1) is 0 Å². The van der Waals surface area contributed by atoms with Crippen LogP contribution in [0.4, 0.5) is 5.69 Å². The normalized spacial score (nSPS) is 16.3. The van der Waals surface area contributed by atoms with E-state index in [0.29, 0.717) is 23.6 Å². The predicted octanol–water partition coefficient (Wildman–Crippen LogP) is 3.82. The number of hydrazone groups is 1. The molecule has 1 unspecified atom stereocenters. The van der Waals surface area contributed by atoms with Gasteiger partial charge in [-0.2, -0.15) is 5.10 Å². The molecular weight excluding hydrogens is 346 g/mol. The second-order valence-electron chi connectivity index (χ2n) is 6.14. The van der Waals surface area contributed by atoms with Crippen molar-refractivity contribution in [3.63, 3.8) is 0 Å². The molecule has 4 rings (SSSR count). The lowest BCUT2D eigenvalue weighted by Crippen LogP contribution is -2.27. The fourth-order valence-corrected chi connectivity index (χ4v) is 3.14. The molecule has 1 aromatic carbocycles. The van der Waals surface area contributed by atoms with Crippen LogP contribution in [0.5, 0.6) is 0 Å². The van der Waals surface area contributed by atoms with Gasteiger partial charge < -0.3 is 14.2 Å². The van der Waals surface area contributed by atoms with Crippen molar-refractivity contribution >= 4 is 23.2 Å². The zero-order valence-corrected chi connectivity index (χ0v) is 14.6. The van der Waals surface area contributed by atoms with E-state index in [1.807, 2.05) is 18.2 Å². The van der Waals surface area contributed by atoms with Crippen molar-refractivity contribution in [2.75, 3.05) is 5.32 Å². The Labute approximate surface area is 155 Å². The highest BCUT2D eigenvalue weighted by atomic mass is 16.3. The minimum absolute atomic E-state index is 0.184. The first-order valence-electron chi connectivity index (χ1n) is 8.48. The lowest BCUT2D eigenvalue weighted by atomic mass is 9.99. The fraction of sp³-hybridized carbons (Fsp3) is 0.150. The van der Waals surface area contributed by atoms with Crippen molar-refractivity contribution in [1.29, 1.82) is 0 Å². The zero-order chi connectivity index (χ0) is 18.8. The van der Waals surface area contributed by atoms with Crippen LogP contribution < -0.4 is 5.32 Å². The van der Waals surface area contributed by atoms with Gasteiger partial charge in [0, 0.05) is 24.6 Å². The first kappa shape index (κ1) is 16.8. The van der Waals surface area contributed by atoms with Crippen molar-refractivity contribution in [2.45, 2.75) is 19.4 Å². The van der Waals surface area contributed by atoms with E-state index in [1.165, 1.54) is 18.2 Å². The molecule has 1 N–H and O–H groups in total. The monoisotopic (exact) mass is 363 g/mol. The van der Waals surface area contributed by atoms with Crippen LogP contribution in [-0.2, 0) is 4.79 Å². The summed E-state index contributed by atoms with van der Waals surface area (Å²) in [7, 11) is 0. The highest BCUT2D eigenvalue weighted by Gasteiger charge is 2.36. The van der Waals surface area contributed by atoms with Crippen molar-refractivity contribution < 1.29 is 18.4 Å². The molecule has 0 spiro atoms. The van der Waals surface area contributed by atoms with Crippen molar-refractivity contribution in [3.05, 3.63) is 78.1 Å². The summed E-state index contributed by atoms with van der Waals surface area (Å²) >= 11 is 0. The number of para-hydroxylation sites is 1. The molecule has 1 aliphatic heterocycles. The standard InChI is InChI=1S/C20H17N3O4/c1-13(24)21-15-7-3-2-6-14(15)17-12-16(18-8-4-10-26-18)22-23(17)20(25)19-9-5-11-27-19/h2-11,17H,12H2,1H3,(H,21,24). The van der Waals surface area contributed by atoms with E-state index in [2.05, 4.69) is 10.4 Å². The molecule has 1 atom stereocenters. The Balaban J connectivity index is 1.75. The van der Waals surface area contributed by atoms with Gasteiger partial charge in [0.1, 0.15) is 11.5 Å². The molecule has 0 aliphatic carbocycles. The van der Waals surface area contributed by atoms with Crippen LogP contribution in [0.15, 0.2) is 75.0 Å². The molecule has 1 aliphatic rings. The summed E-state index contributed by atoms with van der Waals surface area (Å²) in [5.41, 5.74) is 2.09. The Morgan fingerprint density at radius 1 is 1.07 bits per heavy atom. The van der Waals surface area contributed by atoms with Crippen LogP contribution >= 0.6 is 0 Å². The number of amides is 2. The summed E-state index contributed by atoms with van der Waals surface area (Å²) in [5, 5.41) is 8.70. The maximum Gasteiger partial charge on any atom is 0.310 e. The molecule has 0 fully saturated rings. The van der Waals surface area contributed by atoms with E-state index in [-0.39, 0.29) is 17.6 Å². The van der Waals surface area contributed by atoms with Crippen LogP contribution in [0.3, 0.4) is 0 Å². The SMILES string of the molecule is CC(=O)Nc1ccccc1C1CC(c2ccco2)=NN1C(=O)c1ccco1. The smallest absolute Gasteiger partial charge is 0.310 e. The molecule has 2 amide bonds. The molecule has 3 aromatic rings. The molecule has 3 heterocycles. The molecule has 136 valence electrons. The number of furan rings is 2. The first-order valence-corrected chi connectivity index (χ1v) is 8.48. The molecule has 0 bridgehead atoms. The summed E-state index contributed by atoms with van der Waals surface area (Å²) in [6.07, 6.45) is 3.46. The third-order valence-electron chi connectivity index (χ3n) is 4.29. The van der Waals surface area contributed by atoms with Gasteiger partial charge in [-0.1, -0.05) is 18.2 Å². The molecule has 7 heteroatoms. The topological polar surface area (TPSA) is 88.0 Å². The lowest BCUT2D eigenvalue weighted by molar-refractivity contribution is -0.114. The van der Waals surface area contributed by atoms with Gasteiger partial charge >= 0.3 is 5.91 Å². The number of carbonyl (C=O) groups excluding carboxylic acids is 2. The van der Waals surface area contributed by atoms with Gasteiger partial charge in [-0.3, -0.25) is 9.59 Å². The van der Waals surface area contributed by atoms with E-state index in [0.717, 1.165) is 5.56 Å². The molecule has 7 nitrogen and oxygen atoms in total. The molecule has 0 saturated carbocycles. The number of carbonyl (C=O) groups is 2. The van der Waals surface area contributed by atoms with Crippen LogP contribution in [0.25, 0.3) is 0 Å². The quantitative estimate of drug-likeness (QED) is 0.763. The maximum atomic E-state index is 12.9. The van der Waals surface area contributed by atoms with Crippen LogP contribution in [0.1, 0.15) is 41.3 Å². The van der Waals surface area contributed by atoms with Crippen LogP contribution in [0.2, 0.25) is 0 Å². The largest absolute Gasteiger partial charge is 0.463 e. The highest BCUT2D eigenvalue weighted by molar-refractivity contribution is 6.03. The minimum Gasteiger partial charge on any atom is -0.463 e. The Hall–Kier alpha value is -3.61. The number of nitrogens with zero attached hydrogens (tertiary/aromatic N) is 2. The predicted molar refractivity (Wildman–Crippen MR) is 98.2 cm³/mol. The Bertz CT molecular complexity index is 990. The van der Waals surface area contributed by atoms with E-state index in [1.54, 1.807) is 36.6 Å². The van der Waals surface area contributed by atoms with Crippen LogP contribution in [-0.4, -0.2) is 22.5 Å². The second-order valence-corrected chi connectivity index (χ2v) is 6.14. The van der Waals surface area contributed by atoms with E-state index >= 15 is 0 Å². The molecule has 2 aromatic heterocycles. The van der Waals surface area contributed by atoms with Gasteiger partial charge in [-0.15, -0.1) is 0 Å². The minimum atomic E-state index is -0.397. The summed E-state index contributed by atoms with van der Waals surface area (Å²) in [4.78, 5) is 24.5. The van der Waals surface area contributed by atoms with Crippen molar-refractivity contribution in [2.24, 2.45) is 5.10 Å². The maximum absolute atomic E-state index is 12.9. The van der Waals surface area contributed by atoms with Crippen molar-refractivity contribution in [1.82, 2.24) is 5.01 Å². The molecular formula is C20H17N3O4. The van der Waals surface area contributed by atoms with Crippen molar-refractivity contribution in [3.8, 4) is 0 Å². The third kappa shape index (κ3) is 3.27. The summed E-state index contributed by atoms with van der Waals surface area (Å²) in [6.45, 7) is 1.45. The summed E-state index contributed by atoms with van der Waals surface area (Å²) < 4.78 is 10.7. The first-order chi connectivity index (χ1) is 13.1. The molecule has 0 saturated heterocycles. The fourth-order valence-electron chi connectivity index (χ4n) is 3.14. The van der Waals surface area contributed by atoms with Gasteiger partial charge in [0.25, 0.3) is 0 Å². The zero-order valence-electron chi connectivity index (χ0n) is 14.6. The summed E-state index contributed by atoms with van der Waals surface area (Å²) in [5.74, 6) is 0.258. The van der Waals surface area contributed by atoms with E-state index < -0.39 is 6.04 Å². The number of anilines is 1. The Morgan fingerprint density at radius 3 is 2.56 bits per heavy atom. The molecule has 0 radical (unpaired) electrons. The number of benzene rings is 1. The Kier molecular flexibility index (Phi) is 4.33. The number of nitrogens with one attached hydrogen (secondary N) is 1. The number of hydrogen-bond donors (Lipinski definition) is 1. The van der Waals surface area contributed by atoms with Gasteiger partial charge in [-0.05, 0) is 30.3 Å². The summed E-state index contributed by atoms with van der Waals surface area (Å²) in [6, 6.07) is 13.8. The van der Waals surface area contributed by atoms with Gasteiger partial charge in [0.2, 0.25) is 5.91 Å². The van der Waals surface area contributed by atoms with Gasteiger partial charge in [0.15, 0.2) is 5.76 Å². The molecule has 27 heavy (non-hydrogen) atoms. The highest BCUT2D eigenvalue weighted by Crippen LogP contribution is 2.37. The number of rotatable bonds is 4. The van der Waals surface area contributed by atoms with E-state index in [4.69, 9.17) is 8.83 Å². The lowest BCUT2D eigenvalue weighted by Gasteiger charge is -2.23. The second kappa shape index (κ2) is 6.95. The van der Waals surface area contributed by atoms with Gasteiger partial charge in [0.05, 0.1) is 18.6 Å².